The van der Waals surface area contributed by atoms with Gasteiger partial charge in [0.15, 0.2) is 0 Å². The van der Waals surface area contributed by atoms with Crippen LogP contribution in [0.2, 0.25) is 0 Å². The van der Waals surface area contributed by atoms with Crippen molar-refractivity contribution in [2.24, 2.45) is 0 Å². The molecule has 1 heterocycles. The predicted octanol–water partition coefficient (Wildman–Crippen LogP) is 1.27. The van der Waals surface area contributed by atoms with E-state index in [-0.39, 0.29) is 0 Å². The van der Waals surface area contributed by atoms with Gasteiger partial charge in [-0.3, -0.25) is 0 Å². The minimum atomic E-state index is -0.644. The molecule has 0 saturated carbocycles. The molecule has 2 heteroatoms. The summed E-state index contributed by atoms with van der Waals surface area (Å²) < 4.78 is 8.01. The third kappa shape index (κ3) is 2.99. The fourth-order valence-corrected chi connectivity index (χ4v) is 5.98. The van der Waals surface area contributed by atoms with Gasteiger partial charge in [0.2, 0.25) is 0 Å². The minimum absolute atomic E-state index is 0.644. The summed E-state index contributed by atoms with van der Waals surface area (Å²) >= 11 is -0.644. The summed E-state index contributed by atoms with van der Waals surface area (Å²) in [7, 11) is 0. The van der Waals surface area contributed by atoms with Gasteiger partial charge in [-0.25, -0.2) is 0 Å². The molecule has 1 nitrogen and oxygen atoms in total. The molecule has 1 aliphatic heterocycles. The van der Waals surface area contributed by atoms with Gasteiger partial charge in [-0.05, 0) is 0 Å². The molecule has 0 aliphatic carbocycles. The topological polar surface area (TPSA) is 9.23 Å². The van der Waals surface area contributed by atoms with Crippen LogP contribution in [0.25, 0.3) is 0 Å². The van der Waals surface area contributed by atoms with Crippen molar-refractivity contribution < 1.29 is 4.74 Å². The number of hydrogen-bond acceptors (Lipinski definition) is 1. The van der Waals surface area contributed by atoms with Gasteiger partial charge in [-0.1, -0.05) is 0 Å². The van der Waals surface area contributed by atoms with E-state index in [0.29, 0.717) is 4.12 Å². The number of hydrogen-bond donors (Lipinski definition) is 0. The fourth-order valence-electron chi connectivity index (χ4n) is 1.68. The average Bonchev–Trinajstić information content (AvgIpc) is 2.21. The Morgan fingerprint density at radius 3 is 2.69 bits per heavy atom. The van der Waals surface area contributed by atoms with Crippen LogP contribution < -0.4 is 3.58 Å². The standard InChI is InChI=1S/C6H5.C5H9O.Sn.H/c2*1-2-4-6-5-3-1;;/h1-5H;4H,1-3,5H2;;. The van der Waals surface area contributed by atoms with Gasteiger partial charge in [-0.15, -0.1) is 0 Å². The van der Waals surface area contributed by atoms with Gasteiger partial charge < -0.3 is 0 Å². The van der Waals surface area contributed by atoms with Crippen LogP contribution in [0.15, 0.2) is 30.3 Å². The molecule has 0 bridgehead atoms. The summed E-state index contributed by atoms with van der Waals surface area (Å²) in [6, 6.07) is 10.9. The number of rotatable bonds is 2. The molecule has 13 heavy (non-hydrogen) atoms. The molecule has 1 aliphatic rings. The van der Waals surface area contributed by atoms with E-state index < -0.39 is 21.1 Å². The molecule has 0 aromatic heterocycles. The molecule has 0 N–H and O–H groups in total. The van der Waals surface area contributed by atoms with E-state index in [1.807, 2.05) is 0 Å². The Kier molecular flexibility index (Phi) is 3.67. The Morgan fingerprint density at radius 1 is 1.15 bits per heavy atom. The Balaban J connectivity index is 1.90. The van der Waals surface area contributed by atoms with E-state index in [1.54, 1.807) is 3.58 Å². The van der Waals surface area contributed by atoms with Crippen molar-refractivity contribution in [3.8, 4) is 0 Å². The fraction of sp³-hybridized carbons (Fsp3) is 0.455. The summed E-state index contributed by atoms with van der Waals surface area (Å²) in [5.41, 5.74) is 0. The van der Waals surface area contributed by atoms with Gasteiger partial charge in [0.1, 0.15) is 0 Å². The van der Waals surface area contributed by atoms with E-state index in [9.17, 15) is 0 Å². The summed E-state index contributed by atoms with van der Waals surface area (Å²) in [6.45, 7) is 1.00. The third-order valence-electron chi connectivity index (χ3n) is 2.39. The maximum atomic E-state index is 5.77. The van der Waals surface area contributed by atoms with E-state index in [4.69, 9.17) is 4.74 Å². The Morgan fingerprint density at radius 2 is 2.00 bits per heavy atom. The third-order valence-corrected chi connectivity index (χ3v) is 7.15. The van der Waals surface area contributed by atoms with Crippen LogP contribution in [0.4, 0.5) is 0 Å². The van der Waals surface area contributed by atoms with Crippen molar-refractivity contribution in [1.29, 1.82) is 0 Å². The van der Waals surface area contributed by atoms with Gasteiger partial charge in [0, 0.05) is 0 Å². The predicted molar refractivity (Wildman–Crippen MR) is 56.8 cm³/mol. The van der Waals surface area contributed by atoms with Gasteiger partial charge in [0.05, 0.1) is 0 Å². The van der Waals surface area contributed by atoms with E-state index in [1.165, 1.54) is 19.3 Å². The zero-order valence-corrected chi connectivity index (χ0v) is 11.1. The van der Waals surface area contributed by atoms with Crippen LogP contribution in [0, 0.1) is 0 Å². The molecule has 1 fully saturated rings. The summed E-state index contributed by atoms with van der Waals surface area (Å²) in [4.78, 5) is 0. The normalized spacial score (nSPS) is 22.9. The summed E-state index contributed by atoms with van der Waals surface area (Å²) in [6.07, 6.45) is 3.97. The molecule has 1 unspecified atom stereocenters. The molecule has 1 saturated heterocycles. The molecule has 69 valence electrons. The molecule has 2 rings (SSSR count). The van der Waals surface area contributed by atoms with Crippen LogP contribution >= 0.6 is 0 Å². The SMILES string of the molecule is c1cc[c]([SnH][CH]2CCCCO2)cc1. The molecule has 1 aromatic carbocycles. The van der Waals surface area contributed by atoms with Crippen LogP contribution in [-0.4, -0.2) is 31.9 Å². The quantitative estimate of drug-likeness (QED) is 0.742. The first kappa shape index (κ1) is 9.53. The second-order valence-electron chi connectivity index (χ2n) is 3.48. The Labute approximate surface area is 89.7 Å². The Bertz CT molecular complexity index is 242. The number of ether oxygens (including phenoxy) is 1. The zero-order chi connectivity index (χ0) is 8.93. The monoisotopic (exact) mass is 283 g/mol. The van der Waals surface area contributed by atoms with Crippen molar-refractivity contribution in [3.63, 3.8) is 0 Å². The number of benzene rings is 1. The van der Waals surface area contributed by atoms with Crippen molar-refractivity contribution in [1.82, 2.24) is 0 Å². The summed E-state index contributed by atoms with van der Waals surface area (Å²) in [5, 5.41) is 0. The van der Waals surface area contributed by atoms with Crippen molar-refractivity contribution in [3.05, 3.63) is 30.3 Å². The van der Waals surface area contributed by atoms with Gasteiger partial charge >= 0.3 is 89.8 Å². The molecular weight excluding hydrogens is 267 g/mol. The van der Waals surface area contributed by atoms with E-state index in [2.05, 4.69) is 30.3 Å². The molecular formula is C11H15OSn. The average molecular weight is 282 g/mol. The maximum absolute atomic E-state index is 5.77. The van der Waals surface area contributed by atoms with Crippen molar-refractivity contribution in [2.75, 3.05) is 6.61 Å². The Hall–Kier alpha value is -0.0213. The molecule has 1 aromatic rings. The van der Waals surface area contributed by atoms with Crippen LogP contribution in [0.1, 0.15) is 19.3 Å². The first-order valence-electron chi connectivity index (χ1n) is 4.97. The van der Waals surface area contributed by atoms with E-state index in [0.717, 1.165) is 6.61 Å². The van der Waals surface area contributed by atoms with Gasteiger partial charge in [0.25, 0.3) is 0 Å². The van der Waals surface area contributed by atoms with Crippen molar-refractivity contribution >= 4 is 24.7 Å². The van der Waals surface area contributed by atoms with Crippen LogP contribution in [0.3, 0.4) is 0 Å². The van der Waals surface area contributed by atoms with Crippen molar-refractivity contribution in [2.45, 2.75) is 23.4 Å². The summed E-state index contributed by atoms with van der Waals surface area (Å²) in [5.74, 6) is 0. The van der Waals surface area contributed by atoms with Crippen LogP contribution in [-0.2, 0) is 4.74 Å². The van der Waals surface area contributed by atoms with E-state index >= 15 is 0 Å². The van der Waals surface area contributed by atoms with Gasteiger partial charge in [-0.2, -0.15) is 0 Å². The molecule has 0 spiro atoms. The zero-order valence-electron chi connectivity index (χ0n) is 7.78. The molecule has 1 atom stereocenters. The second kappa shape index (κ2) is 5.01. The molecule has 0 amide bonds. The molecule has 1 radical (unpaired) electrons. The first-order chi connectivity index (χ1) is 6.45. The first-order valence-corrected chi connectivity index (χ1v) is 8.52. The van der Waals surface area contributed by atoms with Crippen LogP contribution in [0.5, 0.6) is 0 Å². The second-order valence-corrected chi connectivity index (χ2v) is 8.46.